The minimum absolute atomic E-state index is 0.0888. The number of phosphoric ester groups is 1. The smallest absolute Gasteiger partial charge is 0.493 e. The lowest BCUT2D eigenvalue weighted by Gasteiger charge is -2.11. The fourth-order valence-corrected chi connectivity index (χ4v) is 1.57. The van der Waals surface area contributed by atoms with Crippen LogP contribution in [-0.4, -0.2) is 28.0 Å². The molecule has 0 radical (unpaired) electrons. The number of hydrogen-bond acceptors (Lipinski definition) is 4. The number of ether oxygens (including phenoxy) is 1. The van der Waals surface area contributed by atoms with E-state index in [9.17, 15) is 9.36 Å². The summed E-state index contributed by atoms with van der Waals surface area (Å²) >= 11 is 0. The van der Waals surface area contributed by atoms with Crippen LogP contribution in [0.5, 0.6) is 11.5 Å². The topological polar surface area (TPSA) is 113 Å². The van der Waals surface area contributed by atoms with E-state index in [0.29, 0.717) is 5.56 Å². The van der Waals surface area contributed by atoms with Crippen LogP contribution in [0.25, 0.3) is 6.08 Å². The molecule has 3 N–H and O–H groups in total. The number of carboxylic acids is 1. The van der Waals surface area contributed by atoms with Gasteiger partial charge in [0.2, 0.25) is 0 Å². The summed E-state index contributed by atoms with van der Waals surface area (Å²) in [5.74, 6) is -1.14. The third kappa shape index (κ3) is 4.58. The Balaban J connectivity index is 3.04. The number of rotatable bonds is 5. The Labute approximate surface area is 103 Å². The SMILES string of the molecule is COc1cc(C=CC(=O)O)ccc1OP(=O)(O)O. The molecule has 0 aromatic heterocycles. The highest BCUT2D eigenvalue weighted by Crippen LogP contribution is 2.42. The molecule has 0 amide bonds. The minimum atomic E-state index is -4.67. The monoisotopic (exact) mass is 274 g/mol. The van der Waals surface area contributed by atoms with Gasteiger partial charge in [0.05, 0.1) is 7.11 Å². The van der Waals surface area contributed by atoms with E-state index in [1.165, 1.54) is 31.4 Å². The second-order valence-electron chi connectivity index (χ2n) is 3.16. The van der Waals surface area contributed by atoms with Gasteiger partial charge in [-0.1, -0.05) is 6.07 Å². The van der Waals surface area contributed by atoms with Gasteiger partial charge in [-0.05, 0) is 23.8 Å². The first-order valence-electron chi connectivity index (χ1n) is 4.66. The lowest BCUT2D eigenvalue weighted by molar-refractivity contribution is -0.131. The highest BCUT2D eigenvalue weighted by molar-refractivity contribution is 7.46. The first-order valence-corrected chi connectivity index (χ1v) is 6.19. The van der Waals surface area contributed by atoms with E-state index in [0.717, 1.165) is 6.08 Å². The standard InChI is InChI=1S/C10H11O7P/c1-16-9-6-7(3-5-10(11)12)2-4-8(9)17-18(13,14)15/h2-6H,1H3,(H,11,12)(H2,13,14,15). The van der Waals surface area contributed by atoms with Crippen molar-refractivity contribution in [1.29, 1.82) is 0 Å². The van der Waals surface area contributed by atoms with Crippen molar-refractivity contribution in [1.82, 2.24) is 0 Å². The van der Waals surface area contributed by atoms with E-state index >= 15 is 0 Å². The van der Waals surface area contributed by atoms with Crippen molar-refractivity contribution < 1.29 is 33.5 Å². The van der Waals surface area contributed by atoms with E-state index in [4.69, 9.17) is 19.6 Å². The highest BCUT2D eigenvalue weighted by Gasteiger charge is 2.18. The van der Waals surface area contributed by atoms with Gasteiger partial charge in [0.1, 0.15) is 0 Å². The Morgan fingerprint density at radius 3 is 2.50 bits per heavy atom. The third-order valence-electron chi connectivity index (χ3n) is 1.82. The van der Waals surface area contributed by atoms with Gasteiger partial charge < -0.3 is 14.4 Å². The molecule has 0 aliphatic rings. The van der Waals surface area contributed by atoms with Crippen LogP contribution < -0.4 is 9.26 Å². The molecule has 0 saturated heterocycles. The highest BCUT2D eigenvalue weighted by atomic mass is 31.2. The zero-order valence-electron chi connectivity index (χ0n) is 9.31. The lowest BCUT2D eigenvalue weighted by Crippen LogP contribution is -1.94. The molecular weight excluding hydrogens is 263 g/mol. The normalized spacial score (nSPS) is 11.5. The first kappa shape index (κ1) is 14.2. The minimum Gasteiger partial charge on any atom is -0.493 e. The van der Waals surface area contributed by atoms with Crippen LogP contribution >= 0.6 is 7.82 Å². The molecule has 1 rings (SSSR count). The zero-order valence-corrected chi connectivity index (χ0v) is 10.2. The van der Waals surface area contributed by atoms with Gasteiger partial charge in [0.25, 0.3) is 0 Å². The van der Waals surface area contributed by atoms with Crippen molar-refractivity contribution in [2.45, 2.75) is 0 Å². The number of aliphatic carboxylic acids is 1. The first-order chi connectivity index (χ1) is 8.31. The molecule has 1 aromatic carbocycles. The van der Waals surface area contributed by atoms with Crippen LogP contribution in [0.3, 0.4) is 0 Å². The maximum atomic E-state index is 10.7. The number of carboxylic acid groups (broad SMARTS) is 1. The van der Waals surface area contributed by atoms with E-state index in [2.05, 4.69) is 4.52 Å². The van der Waals surface area contributed by atoms with Gasteiger partial charge in [0, 0.05) is 6.08 Å². The van der Waals surface area contributed by atoms with E-state index in [1.54, 1.807) is 0 Å². The van der Waals surface area contributed by atoms with Crippen LogP contribution in [0.2, 0.25) is 0 Å². The maximum Gasteiger partial charge on any atom is 0.524 e. The molecule has 0 fully saturated rings. The van der Waals surface area contributed by atoms with Gasteiger partial charge in [-0.3, -0.25) is 9.79 Å². The molecule has 0 saturated carbocycles. The van der Waals surface area contributed by atoms with Crippen LogP contribution in [0.1, 0.15) is 5.56 Å². The van der Waals surface area contributed by atoms with E-state index in [1.807, 2.05) is 0 Å². The molecule has 0 bridgehead atoms. The Kier molecular flexibility index (Phi) is 4.49. The summed E-state index contributed by atoms with van der Waals surface area (Å²) < 4.78 is 20.0. The third-order valence-corrected chi connectivity index (χ3v) is 2.26. The fourth-order valence-electron chi connectivity index (χ4n) is 1.16. The molecular formula is C10H11O7P. The van der Waals surface area contributed by atoms with Gasteiger partial charge in [-0.25, -0.2) is 9.36 Å². The fraction of sp³-hybridized carbons (Fsp3) is 0.100. The van der Waals surface area contributed by atoms with E-state index < -0.39 is 13.8 Å². The molecule has 0 unspecified atom stereocenters. The molecule has 0 atom stereocenters. The predicted octanol–water partition coefficient (Wildman–Crippen LogP) is 1.26. The second kappa shape index (κ2) is 5.68. The number of benzene rings is 1. The van der Waals surface area contributed by atoms with Gasteiger partial charge in [-0.2, -0.15) is 0 Å². The van der Waals surface area contributed by atoms with Crippen LogP contribution in [0.4, 0.5) is 0 Å². The number of carbonyl (C=O) groups is 1. The lowest BCUT2D eigenvalue weighted by atomic mass is 10.2. The summed E-state index contributed by atoms with van der Waals surface area (Å²) in [6.07, 6.45) is 2.24. The summed E-state index contributed by atoms with van der Waals surface area (Å²) in [5.41, 5.74) is 0.493. The van der Waals surface area contributed by atoms with Crippen LogP contribution in [0.15, 0.2) is 24.3 Å². The van der Waals surface area contributed by atoms with E-state index in [-0.39, 0.29) is 11.5 Å². The molecule has 0 aliphatic heterocycles. The van der Waals surface area contributed by atoms with Crippen molar-refractivity contribution in [3.63, 3.8) is 0 Å². The average Bonchev–Trinajstić information content (AvgIpc) is 2.25. The quantitative estimate of drug-likeness (QED) is 0.547. The maximum absolute atomic E-state index is 10.7. The van der Waals surface area contributed by atoms with Crippen molar-refractivity contribution >= 4 is 19.9 Å². The van der Waals surface area contributed by atoms with Crippen molar-refractivity contribution in [2.24, 2.45) is 0 Å². The zero-order chi connectivity index (χ0) is 13.8. The van der Waals surface area contributed by atoms with Gasteiger partial charge in [-0.15, -0.1) is 0 Å². The molecule has 18 heavy (non-hydrogen) atoms. The summed E-state index contributed by atoms with van der Waals surface area (Å²) in [5, 5.41) is 8.46. The number of phosphoric acid groups is 1. The van der Waals surface area contributed by atoms with Crippen molar-refractivity contribution in [2.75, 3.05) is 7.11 Å². The molecule has 0 heterocycles. The summed E-state index contributed by atoms with van der Waals surface area (Å²) in [6.45, 7) is 0. The van der Waals surface area contributed by atoms with Crippen LogP contribution in [-0.2, 0) is 9.36 Å². The second-order valence-corrected chi connectivity index (χ2v) is 4.33. The Morgan fingerprint density at radius 1 is 1.33 bits per heavy atom. The summed E-state index contributed by atoms with van der Waals surface area (Å²) in [7, 11) is -3.37. The number of methoxy groups -OCH3 is 1. The number of hydrogen-bond donors (Lipinski definition) is 3. The van der Waals surface area contributed by atoms with Crippen molar-refractivity contribution in [3.8, 4) is 11.5 Å². The van der Waals surface area contributed by atoms with Gasteiger partial charge >= 0.3 is 13.8 Å². The Bertz CT molecular complexity index is 517. The predicted molar refractivity (Wildman–Crippen MR) is 62.3 cm³/mol. The molecule has 1 aromatic rings. The average molecular weight is 274 g/mol. The summed E-state index contributed by atoms with van der Waals surface area (Å²) in [6, 6.07) is 4.11. The molecule has 7 nitrogen and oxygen atoms in total. The molecule has 98 valence electrons. The Morgan fingerprint density at radius 2 is 2.00 bits per heavy atom. The summed E-state index contributed by atoms with van der Waals surface area (Å²) in [4.78, 5) is 27.7. The van der Waals surface area contributed by atoms with Gasteiger partial charge in [0.15, 0.2) is 11.5 Å². The largest absolute Gasteiger partial charge is 0.524 e. The molecule has 0 aliphatic carbocycles. The van der Waals surface area contributed by atoms with Crippen LogP contribution in [0, 0.1) is 0 Å². The molecule has 8 heteroatoms. The molecule has 0 spiro atoms. The Hall–Kier alpha value is -1.82. The van der Waals surface area contributed by atoms with Crippen molar-refractivity contribution in [3.05, 3.63) is 29.8 Å².